The zero-order chi connectivity index (χ0) is 20.3. The van der Waals surface area contributed by atoms with Crippen molar-refractivity contribution in [2.75, 3.05) is 14.2 Å². The maximum atomic E-state index is 12.0. The Labute approximate surface area is 161 Å². The number of methoxy groups -OCH3 is 2. The minimum Gasteiger partial charge on any atom is -0.493 e. The van der Waals surface area contributed by atoms with Gasteiger partial charge in [-0.25, -0.2) is 0 Å². The van der Waals surface area contributed by atoms with Gasteiger partial charge in [0.1, 0.15) is 0 Å². The number of hydrazone groups is 1. The molecule has 0 N–H and O–H groups in total. The molecule has 9 heteroatoms. The van der Waals surface area contributed by atoms with E-state index in [0.717, 1.165) is 5.56 Å². The molecule has 0 bridgehead atoms. The number of amides is 1. The number of carbonyl (C=O) groups is 2. The van der Waals surface area contributed by atoms with E-state index in [0.29, 0.717) is 5.56 Å². The third-order valence-corrected chi connectivity index (χ3v) is 3.91. The number of hydrogen-bond acceptors (Lipinski definition) is 8. The first kappa shape index (κ1) is 19.2. The van der Waals surface area contributed by atoms with Crippen LogP contribution in [0.2, 0.25) is 0 Å². The lowest BCUT2D eigenvalue weighted by molar-refractivity contribution is -0.135. The van der Waals surface area contributed by atoms with Gasteiger partial charge in [-0.15, -0.1) is 5.10 Å². The number of nitrogens with zero attached hydrogens (tertiary/aromatic N) is 3. The van der Waals surface area contributed by atoms with E-state index in [4.69, 9.17) is 18.9 Å². The van der Waals surface area contributed by atoms with E-state index in [2.05, 4.69) is 10.1 Å². The molecular weight excluding hydrogens is 366 g/mol. The first-order valence-corrected chi connectivity index (χ1v) is 8.34. The lowest BCUT2D eigenvalue weighted by Crippen LogP contribution is -2.25. The van der Waals surface area contributed by atoms with Crippen LogP contribution in [0.15, 0.2) is 41.8 Å². The Morgan fingerprint density at radius 1 is 1.07 bits per heavy atom. The maximum Gasteiger partial charge on any atom is 0.308 e. The second-order valence-electron chi connectivity index (χ2n) is 5.82. The molecule has 2 aromatic rings. The second-order valence-corrected chi connectivity index (χ2v) is 5.82. The van der Waals surface area contributed by atoms with Crippen LogP contribution in [0.1, 0.15) is 31.2 Å². The van der Waals surface area contributed by atoms with E-state index < -0.39 is 12.2 Å². The molecule has 0 aliphatic carbocycles. The van der Waals surface area contributed by atoms with Gasteiger partial charge in [-0.05, 0) is 24.3 Å². The Morgan fingerprint density at radius 3 is 2.18 bits per heavy atom. The molecule has 1 aromatic carbocycles. The molecule has 1 unspecified atom stereocenters. The molecule has 2 heterocycles. The van der Waals surface area contributed by atoms with Crippen LogP contribution in [0.4, 0.5) is 0 Å². The highest BCUT2D eigenvalue weighted by Crippen LogP contribution is 2.40. The van der Waals surface area contributed by atoms with Crippen molar-refractivity contribution in [3.05, 3.63) is 47.8 Å². The Bertz CT molecular complexity index is 904. The van der Waals surface area contributed by atoms with Crippen LogP contribution in [0, 0.1) is 0 Å². The van der Waals surface area contributed by atoms with Crippen LogP contribution < -0.4 is 14.2 Å². The average molecular weight is 385 g/mol. The molecule has 1 aliphatic rings. The van der Waals surface area contributed by atoms with Gasteiger partial charge in [0.25, 0.3) is 0 Å². The van der Waals surface area contributed by atoms with Crippen molar-refractivity contribution in [1.82, 2.24) is 9.99 Å². The van der Waals surface area contributed by atoms with E-state index in [1.165, 1.54) is 33.1 Å². The van der Waals surface area contributed by atoms with Gasteiger partial charge in [0, 0.05) is 37.4 Å². The molecule has 0 radical (unpaired) electrons. The summed E-state index contributed by atoms with van der Waals surface area (Å²) in [4.78, 5) is 27.4. The molecule has 0 saturated heterocycles. The molecule has 1 aliphatic heterocycles. The fourth-order valence-corrected chi connectivity index (χ4v) is 2.68. The molecule has 28 heavy (non-hydrogen) atoms. The average Bonchev–Trinajstić information content (AvgIpc) is 3.14. The number of esters is 1. The molecule has 1 atom stereocenters. The number of pyridine rings is 1. The number of aromatic nitrogens is 1. The molecule has 0 fully saturated rings. The van der Waals surface area contributed by atoms with Crippen molar-refractivity contribution in [3.8, 4) is 17.2 Å². The molecule has 146 valence electrons. The molecule has 0 spiro atoms. The minimum absolute atomic E-state index is 0.147. The Hall–Kier alpha value is -3.62. The number of rotatable bonds is 5. The predicted octanol–water partition coefficient (Wildman–Crippen LogP) is 2.26. The van der Waals surface area contributed by atoms with E-state index >= 15 is 0 Å². The number of benzene rings is 1. The summed E-state index contributed by atoms with van der Waals surface area (Å²) in [5.74, 6) is 0.0682. The van der Waals surface area contributed by atoms with Gasteiger partial charge >= 0.3 is 5.97 Å². The van der Waals surface area contributed by atoms with Crippen molar-refractivity contribution in [3.63, 3.8) is 0 Å². The summed E-state index contributed by atoms with van der Waals surface area (Å²) < 4.78 is 21.8. The largest absolute Gasteiger partial charge is 0.493 e. The highest BCUT2D eigenvalue weighted by atomic mass is 16.6. The van der Waals surface area contributed by atoms with Crippen molar-refractivity contribution in [2.45, 2.75) is 20.1 Å². The van der Waals surface area contributed by atoms with Gasteiger partial charge in [0.15, 0.2) is 11.5 Å². The predicted molar refractivity (Wildman–Crippen MR) is 98.0 cm³/mol. The minimum atomic E-state index is -0.722. The summed E-state index contributed by atoms with van der Waals surface area (Å²) in [5, 5.41) is 5.54. The van der Waals surface area contributed by atoms with Crippen LogP contribution in [0.3, 0.4) is 0 Å². The van der Waals surface area contributed by atoms with Gasteiger partial charge in [0.2, 0.25) is 23.8 Å². The monoisotopic (exact) mass is 385 g/mol. The number of ether oxygens (including phenoxy) is 4. The van der Waals surface area contributed by atoms with Crippen LogP contribution in [0.25, 0.3) is 0 Å². The highest BCUT2D eigenvalue weighted by molar-refractivity contribution is 5.97. The summed E-state index contributed by atoms with van der Waals surface area (Å²) in [7, 11) is 2.87. The smallest absolute Gasteiger partial charge is 0.308 e. The second kappa shape index (κ2) is 7.95. The van der Waals surface area contributed by atoms with Crippen molar-refractivity contribution in [2.24, 2.45) is 5.10 Å². The van der Waals surface area contributed by atoms with Crippen LogP contribution in [-0.2, 0) is 14.3 Å². The summed E-state index contributed by atoms with van der Waals surface area (Å²) in [6, 6.07) is 6.66. The van der Waals surface area contributed by atoms with Crippen molar-refractivity contribution >= 4 is 17.8 Å². The first-order chi connectivity index (χ1) is 13.4. The van der Waals surface area contributed by atoms with E-state index in [1.54, 1.807) is 36.7 Å². The van der Waals surface area contributed by atoms with Crippen molar-refractivity contribution < 1.29 is 28.5 Å². The van der Waals surface area contributed by atoms with Crippen LogP contribution >= 0.6 is 0 Å². The highest BCUT2D eigenvalue weighted by Gasteiger charge is 2.34. The van der Waals surface area contributed by atoms with Crippen molar-refractivity contribution in [1.29, 1.82) is 0 Å². The van der Waals surface area contributed by atoms with Gasteiger partial charge in [0.05, 0.1) is 14.2 Å². The Kier molecular flexibility index (Phi) is 5.44. The molecular formula is C19H19N3O6. The summed E-state index contributed by atoms with van der Waals surface area (Å²) in [5.41, 5.74) is 1.21. The third kappa shape index (κ3) is 3.73. The van der Waals surface area contributed by atoms with Gasteiger partial charge in [-0.2, -0.15) is 5.01 Å². The Morgan fingerprint density at radius 2 is 1.68 bits per heavy atom. The summed E-state index contributed by atoms with van der Waals surface area (Å²) >= 11 is 0. The Balaban J connectivity index is 2.02. The number of hydrogen-bond donors (Lipinski definition) is 0. The fraction of sp³-hybridized carbons (Fsp3) is 0.263. The normalized spacial score (nSPS) is 15.5. The lowest BCUT2D eigenvalue weighted by atomic mass is 10.1. The van der Waals surface area contributed by atoms with Crippen LogP contribution in [-0.4, -0.2) is 42.0 Å². The third-order valence-electron chi connectivity index (χ3n) is 3.91. The van der Waals surface area contributed by atoms with E-state index in [9.17, 15) is 9.59 Å². The maximum absolute atomic E-state index is 12.0. The quantitative estimate of drug-likeness (QED) is 0.575. The van der Waals surface area contributed by atoms with E-state index in [1.807, 2.05) is 0 Å². The van der Waals surface area contributed by atoms with E-state index in [-0.39, 0.29) is 29.1 Å². The van der Waals surface area contributed by atoms with Gasteiger partial charge in [-0.1, -0.05) is 0 Å². The van der Waals surface area contributed by atoms with Gasteiger partial charge < -0.3 is 18.9 Å². The van der Waals surface area contributed by atoms with Crippen LogP contribution in [0.5, 0.6) is 17.2 Å². The summed E-state index contributed by atoms with van der Waals surface area (Å²) in [6.45, 7) is 2.68. The fourth-order valence-electron chi connectivity index (χ4n) is 2.68. The van der Waals surface area contributed by atoms with Gasteiger partial charge in [-0.3, -0.25) is 14.6 Å². The molecule has 0 saturated carbocycles. The molecule has 9 nitrogen and oxygen atoms in total. The molecule has 3 rings (SSSR count). The first-order valence-electron chi connectivity index (χ1n) is 8.34. The summed E-state index contributed by atoms with van der Waals surface area (Å²) in [6.07, 6.45) is 2.49. The lowest BCUT2D eigenvalue weighted by Gasteiger charge is -2.19. The SMILES string of the molecule is COc1cc(C2=NN(C(C)=O)C(c3ccncc3)O2)cc(OC)c1OC(C)=O. The zero-order valence-electron chi connectivity index (χ0n) is 15.8. The zero-order valence-corrected chi connectivity index (χ0v) is 15.8. The topological polar surface area (TPSA) is 99.6 Å². The number of carbonyl (C=O) groups excluding carboxylic acids is 2. The molecule has 1 aromatic heterocycles. The molecule has 1 amide bonds. The standard InChI is InChI=1S/C19H19N3O6/c1-11(23)22-19(13-5-7-20-8-6-13)28-18(21-22)14-9-15(25-3)17(27-12(2)24)16(10-14)26-4/h5-10,19H,1-4H3.